The van der Waals surface area contributed by atoms with Gasteiger partial charge in [0.25, 0.3) is 5.91 Å². The predicted octanol–water partition coefficient (Wildman–Crippen LogP) is 4.74. The highest BCUT2D eigenvalue weighted by Crippen LogP contribution is 2.35. The highest BCUT2D eigenvalue weighted by atomic mass is 16.2. The van der Waals surface area contributed by atoms with Crippen molar-refractivity contribution in [1.82, 2.24) is 9.80 Å². The largest absolute Gasteiger partial charge is 0.312 e. The van der Waals surface area contributed by atoms with Crippen LogP contribution in [0.1, 0.15) is 46.3 Å². The van der Waals surface area contributed by atoms with E-state index in [0.29, 0.717) is 12.1 Å². The van der Waals surface area contributed by atoms with Crippen LogP contribution < -0.4 is 0 Å². The quantitative estimate of drug-likeness (QED) is 0.755. The summed E-state index contributed by atoms with van der Waals surface area (Å²) in [4.78, 5) is 18.1. The van der Waals surface area contributed by atoms with Gasteiger partial charge in [0.2, 0.25) is 0 Å². The minimum atomic E-state index is 0.137. The molecule has 3 nitrogen and oxygen atoms in total. The van der Waals surface area contributed by atoms with Gasteiger partial charge in [0, 0.05) is 36.3 Å². The first-order valence-electron chi connectivity index (χ1n) is 10.4. The minimum absolute atomic E-state index is 0.137. The molecule has 3 heteroatoms. The van der Waals surface area contributed by atoms with Crippen LogP contribution in [-0.2, 0) is 6.42 Å². The minimum Gasteiger partial charge on any atom is -0.312 e. The Hall–Kier alpha value is -2.39. The van der Waals surface area contributed by atoms with Crippen LogP contribution in [0.5, 0.6) is 0 Å². The van der Waals surface area contributed by atoms with Gasteiger partial charge in [-0.2, -0.15) is 0 Å². The summed E-state index contributed by atoms with van der Waals surface area (Å²) < 4.78 is 0. The van der Waals surface area contributed by atoms with Crippen LogP contribution in [0.3, 0.4) is 0 Å². The van der Waals surface area contributed by atoms with Crippen molar-refractivity contribution in [1.29, 1.82) is 0 Å². The summed E-state index contributed by atoms with van der Waals surface area (Å²) in [6, 6.07) is 17.7. The number of rotatable bonds is 5. The first-order valence-corrected chi connectivity index (χ1v) is 10.4. The number of amides is 1. The van der Waals surface area contributed by atoms with Crippen LogP contribution in [0.2, 0.25) is 0 Å². The molecule has 1 fully saturated rings. The van der Waals surface area contributed by atoms with Crippen molar-refractivity contribution in [2.45, 2.75) is 51.6 Å². The molecule has 2 atom stereocenters. The number of likely N-dealkylation sites (N-methyl/N-ethyl adjacent to an activating group) is 1. The molecule has 2 aromatic rings. The molecule has 4 rings (SSSR count). The van der Waals surface area contributed by atoms with E-state index in [9.17, 15) is 4.79 Å². The van der Waals surface area contributed by atoms with Gasteiger partial charge in [-0.15, -0.1) is 0 Å². The fourth-order valence-electron chi connectivity index (χ4n) is 4.74. The second-order valence-corrected chi connectivity index (χ2v) is 8.39. The summed E-state index contributed by atoms with van der Waals surface area (Å²) in [7, 11) is 2.22. The molecule has 1 saturated heterocycles. The molecule has 2 heterocycles. The van der Waals surface area contributed by atoms with Crippen LogP contribution in [0.4, 0.5) is 0 Å². The monoisotopic (exact) mass is 374 g/mol. The van der Waals surface area contributed by atoms with Crippen molar-refractivity contribution in [2.75, 3.05) is 13.6 Å². The van der Waals surface area contributed by atoms with E-state index in [-0.39, 0.29) is 5.91 Å². The molecule has 0 aromatic heterocycles. The first-order chi connectivity index (χ1) is 13.5. The van der Waals surface area contributed by atoms with Crippen molar-refractivity contribution < 1.29 is 4.79 Å². The van der Waals surface area contributed by atoms with Gasteiger partial charge in [-0.25, -0.2) is 0 Å². The molecule has 0 radical (unpaired) electrons. The van der Waals surface area contributed by atoms with Crippen LogP contribution >= 0.6 is 0 Å². The molecule has 0 saturated carbocycles. The van der Waals surface area contributed by atoms with E-state index >= 15 is 0 Å². The Labute approximate surface area is 168 Å². The Morgan fingerprint density at radius 2 is 1.79 bits per heavy atom. The molecule has 0 aliphatic carbocycles. The van der Waals surface area contributed by atoms with E-state index in [4.69, 9.17) is 0 Å². The van der Waals surface area contributed by atoms with E-state index < -0.39 is 0 Å². The van der Waals surface area contributed by atoms with Crippen LogP contribution in [0.25, 0.3) is 0 Å². The summed E-state index contributed by atoms with van der Waals surface area (Å²) in [5, 5.41) is 0. The van der Waals surface area contributed by atoms with Gasteiger partial charge < -0.3 is 4.90 Å². The zero-order valence-electron chi connectivity index (χ0n) is 17.2. The summed E-state index contributed by atoms with van der Waals surface area (Å²) in [5.74, 6) is 0.137. The summed E-state index contributed by atoms with van der Waals surface area (Å²) in [6.45, 7) is 4.85. The van der Waals surface area contributed by atoms with E-state index in [1.165, 1.54) is 24.1 Å². The number of nitrogens with zero attached hydrogens (tertiary/aromatic N) is 2. The Morgan fingerprint density at radius 3 is 2.46 bits per heavy atom. The van der Waals surface area contributed by atoms with E-state index in [0.717, 1.165) is 36.1 Å². The average Bonchev–Trinajstić information content (AvgIpc) is 2.89. The van der Waals surface area contributed by atoms with Gasteiger partial charge in [0.15, 0.2) is 0 Å². The number of hydrogen-bond acceptors (Lipinski definition) is 2. The molecule has 2 aromatic carbocycles. The zero-order chi connectivity index (χ0) is 19.7. The summed E-state index contributed by atoms with van der Waals surface area (Å²) in [6.07, 6.45) is 6.62. The van der Waals surface area contributed by atoms with E-state index in [1.807, 2.05) is 18.2 Å². The molecule has 2 bridgehead atoms. The average molecular weight is 375 g/mol. The van der Waals surface area contributed by atoms with Gasteiger partial charge in [-0.1, -0.05) is 47.5 Å². The van der Waals surface area contributed by atoms with Gasteiger partial charge in [-0.05, 0) is 63.9 Å². The second-order valence-electron chi connectivity index (χ2n) is 8.39. The third-order valence-electron chi connectivity index (χ3n) is 6.25. The SMILES string of the molecule is Cc1cc(C)cc(C(=O)N(CCc2ccccc2)C2=C[C@H]3CC[C@H](C2)N3C)c1. The molecule has 28 heavy (non-hydrogen) atoms. The number of carbonyl (C=O) groups excluding carboxylic acids is 1. The number of benzene rings is 2. The summed E-state index contributed by atoms with van der Waals surface area (Å²) in [5.41, 5.74) is 5.58. The summed E-state index contributed by atoms with van der Waals surface area (Å²) >= 11 is 0. The zero-order valence-corrected chi connectivity index (χ0v) is 17.2. The molecule has 2 aliphatic heterocycles. The Balaban J connectivity index is 1.63. The fraction of sp³-hybridized carbons (Fsp3) is 0.400. The van der Waals surface area contributed by atoms with Gasteiger partial charge in [0.1, 0.15) is 0 Å². The topological polar surface area (TPSA) is 23.6 Å². The number of hydrogen-bond donors (Lipinski definition) is 0. The van der Waals surface area contributed by atoms with Crippen LogP contribution in [0, 0.1) is 13.8 Å². The van der Waals surface area contributed by atoms with E-state index in [1.54, 1.807) is 0 Å². The van der Waals surface area contributed by atoms with Gasteiger partial charge >= 0.3 is 0 Å². The Bertz CT molecular complexity index is 866. The molecule has 0 spiro atoms. The number of aryl methyl sites for hydroxylation is 2. The molecular weight excluding hydrogens is 344 g/mol. The van der Waals surface area contributed by atoms with Crippen molar-refractivity contribution in [2.24, 2.45) is 0 Å². The molecule has 2 aliphatic rings. The highest BCUT2D eigenvalue weighted by Gasteiger charge is 2.36. The van der Waals surface area contributed by atoms with Crippen molar-refractivity contribution in [3.63, 3.8) is 0 Å². The maximum Gasteiger partial charge on any atom is 0.258 e. The smallest absolute Gasteiger partial charge is 0.258 e. The van der Waals surface area contributed by atoms with Gasteiger partial charge in [0.05, 0.1) is 0 Å². The third-order valence-corrected chi connectivity index (χ3v) is 6.25. The molecular formula is C25H30N2O. The number of carbonyl (C=O) groups is 1. The lowest BCUT2D eigenvalue weighted by Crippen LogP contribution is -2.41. The standard InChI is InChI=1S/C25H30N2O/c1-18-13-19(2)15-21(14-18)25(28)27(12-11-20-7-5-4-6-8-20)24-16-22-9-10-23(17-24)26(22)3/h4-8,13-16,22-23H,9-12,17H2,1-3H3/t22-,23-/m1/s1. The normalized spacial score (nSPS) is 21.5. The lowest BCUT2D eigenvalue weighted by molar-refractivity contribution is 0.0787. The van der Waals surface area contributed by atoms with Gasteiger partial charge in [-0.3, -0.25) is 9.69 Å². The maximum absolute atomic E-state index is 13.6. The number of fused-ring (bicyclic) bond motifs is 2. The molecule has 146 valence electrons. The highest BCUT2D eigenvalue weighted by molar-refractivity contribution is 5.95. The maximum atomic E-state index is 13.6. The second kappa shape index (κ2) is 7.92. The third kappa shape index (κ3) is 3.90. The molecule has 0 N–H and O–H groups in total. The Morgan fingerprint density at radius 1 is 1.07 bits per heavy atom. The first kappa shape index (κ1) is 18.9. The lowest BCUT2D eigenvalue weighted by atomic mass is 10.0. The predicted molar refractivity (Wildman–Crippen MR) is 114 cm³/mol. The fourth-order valence-corrected chi connectivity index (χ4v) is 4.74. The van der Waals surface area contributed by atoms with E-state index in [2.05, 4.69) is 67.1 Å². The van der Waals surface area contributed by atoms with Crippen LogP contribution in [0.15, 0.2) is 60.3 Å². The lowest BCUT2D eigenvalue weighted by Gasteiger charge is -2.35. The molecule has 1 amide bonds. The van der Waals surface area contributed by atoms with Crippen molar-refractivity contribution in [3.05, 3.63) is 82.6 Å². The Kier molecular flexibility index (Phi) is 5.36. The molecule has 0 unspecified atom stereocenters. The van der Waals surface area contributed by atoms with Crippen molar-refractivity contribution >= 4 is 5.91 Å². The van der Waals surface area contributed by atoms with Crippen molar-refractivity contribution in [3.8, 4) is 0 Å². The van der Waals surface area contributed by atoms with Crippen LogP contribution in [-0.4, -0.2) is 41.4 Å².